The van der Waals surface area contributed by atoms with Crippen LogP contribution in [-0.4, -0.2) is 18.4 Å². The predicted octanol–water partition coefficient (Wildman–Crippen LogP) is 4.61. The molecular weight excluding hydrogens is 409 g/mol. The largest absolute Gasteiger partial charge is 0.483 e. The Labute approximate surface area is 176 Å². The van der Waals surface area contributed by atoms with Gasteiger partial charge in [-0.1, -0.05) is 30.3 Å². The summed E-state index contributed by atoms with van der Waals surface area (Å²) in [5, 5.41) is 5.06. The summed E-state index contributed by atoms with van der Waals surface area (Å²) in [6.45, 7) is 1.17. The molecule has 31 heavy (non-hydrogen) atoms. The standard InChI is InChI=1S/C23H19F3N2O3/c1-14(15-10-11-17(24)19(26)12-15)27-23(30)16-6-2-5-9-21(16)31-13-22(29)28-20-8-4-3-7-18(20)25/h2-12,14H,13H2,1H3,(H,27,30)(H,28,29). The summed E-state index contributed by atoms with van der Waals surface area (Å²) >= 11 is 0. The smallest absolute Gasteiger partial charge is 0.262 e. The lowest BCUT2D eigenvalue weighted by atomic mass is 10.1. The number of nitrogens with one attached hydrogen (secondary N) is 2. The number of ether oxygens (including phenoxy) is 1. The van der Waals surface area contributed by atoms with E-state index in [0.717, 1.165) is 12.1 Å². The molecule has 1 atom stereocenters. The van der Waals surface area contributed by atoms with Gasteiger partial charge in [-0.25, -0.2) is 13.2 Å². The SMILES string of the molecule is CC(NC(=O)c1ccccc1OCC(=O)Nc1ccccc1F)c1ccc(F)c(F)c1. The Morgan fingerprint density at radius 3 is 2.35 bits per heavy atom. The average Bonchev–Trinajstić information content (AvgIpc) is 2.76. The molecule has 0 radical (unpaired) electrons. The molecule has 0 aromatic heterocycles. The van der Waals surface area contributed by atoms with Gasteiger partial charge in [0.25, 0.3) is 11.8 Å². The molecule has 3 aromatic carbocycles. The fourth-order valence-electron chi connectivity index (χ4n) is 2.81. The molecule has 2 N–H and O–H groups in total. The Bertz CT molecular complexity index is 1100. The first-order chi connectivity index (χ1) is 14.8. The lowest BCUT2D eigenvalue weighted by Gasteiger charge is -2.16. The number of para-hydroxylation sites is 2. The van der Waals surface area contributed by atoms with Gasteiger partial charge in [0.1, 0.15) is 11.6 Å². The highest BCUT2D eigenvalue weighted by Crippen LogP contribution is 2.21. The number of anilines is 1. The Hall–Kier alpha value is -3.81. The number of halogens is 3. The zero-order valence-corrected chi connectivity index (χ0v) is 16.5. The van der Waals surface area contributed by atoms with E-state index in [0.29, 0.717) is 5.56 Å². The molecule has 3 aromatic rings. The van der Waals surface area contributed by atoms with Crippen molar-refractivity contribution < 1.29 is 27.5 Å². The van der Waals surface area contributed by atoms with Gasteiger partial charge in [0.15, 0.2) is 18.2 Å². The van der Waals surface area contributed by atoms with Crippen molar-refractivity contribution >= 4 is 17.5 Å². The molecule has 0 saturated heterocycles. The van der Waals surface area contributed by atoms with Crippen molar-refractivity contribution in [1.29, 1.82) is 0 Å². The minimum atomic E-state index is -1.01. The molecule has 160 valence electrons. The van der Waals surface area contributed by atoms with E-state index in [4.69, 9.17) is 4.74 Å². The molecule has 0 saturated carbocycles. The van der Waals surface area contributed by atoms with Gasteiger partial charge in [0.05, 0.1) is 17.3 Å². The van der Waals surface area contributed by atoms with Crippen LogP contribution < -0.4 is 15.4 Å². The number of amides is 2. The van der Waals surface area contributed by atoms with Crippen molar-refractivity contribution in [2.75, 3.05) is 11.9 Å². The van der Waals surface area contributed by atoms with E-state index in [9.17, 15) is 22.8 Å². The Morgan fingerprint density at radius 1 is 0.903 bits per heavy atom. The lowest BCUT2D eigenvalue weighted by Crippen LogP contribution is -2.28. The summed E-state index contributed by atoms with van der Waals surface area (Å²) in [7, 11) is 0. The molecule has 1 unspecified atom stereocenters. The van der Waals surface area contributed by atoms with Crippen LogP contribution in [0.3, 0.4) is 0 Å². The Morgan fingerprint density at radius 2 is 1.61 bits per heavy atom. The number of rotatable bonds is 7. The second-order valence-electron chi connectivity index (χ2n) is 6.68. The summed E-state index contributed by atoms with van der Waals surface area (Å²) < 4.78 is 45.7. The van der Waals surface area contributed by atoms with Crippen molar-refractivity contribution in [2.45, 2.75) is 13.0 Å². The van der Waals surface area contributed by atoms with Gasteiger partial charge < -0.3 is 15.4 Å². The van der Waals surface area contributed by atoms with Gasteiger partial charge in [-0.05, 0) is 48.9 Å². The highest BCUT2D eigenvalue weighted by atomic mass is 19.2. The van der Waals surface area contributed by atoms with Crippen LogP contribution in [0.1, 0.15) is 28.9 Å². The van der Waals surface area contributed by atoms with E-state index in [1.54, 1.807) is 25.1 Å². The van der Waals surface area contributed by atoms with Crippen LogP contribution in [0.5, 0.6) is 5.75 Å². The normalized spacial score (nSPS) is 11.5. The number of hydrogen-bond acceptors (Lipinski definition) is 3. The maximum absolute atomic E-state index is 13.6. The Kier molecular flexibility index (Phi) is 6.92. The first-order valence-electron chi connectivity index (χ1n) is 9.37. The third-order valence-corrected chi connectivity index (χ3v) is 4.43. The van der Waals surface area contributed by atoms with Crippen LogP contribution in [0.2, 0.25) is 0 Å². The summed E-state index contributed by atoms with van der Waals surface area (Å²) in [6.07, 6.45) is 0. The minimum absolute atomic E-state index is 0.0162. The Balaban J connectivity index is 1.65. The molecule has 2 amide bonds. The quantitative estimate of drug-likeness (QED) is 0.578. The summed E-state index contributed by atoms with van der Waals surface area (Å²) in [4.78, 5) is 24.7. The number of carbonyl (C=O) groups excluding carboxylic acids is 2. The van der Waals surface area contributed by atoms with Gasteiger partial charge >= 0.3 is 0 Å². The maximum Gasteiger partial charge on any atom is 0.262 e. The summed E-state index contributed by atoms with van der Waals surface area (Å²) in [5.74, 6) is -3.56. The van der Waals surface area contributed by atoms with Crippen molar-refractivity contribution in [1.82, 2.24) is 5.32 Å². The molecule has 0 aliphatic rings. The lowest BCUT2D eigenvalue weighted by molar-refractivity contribution is -0.118. The summed E-state index contributed by atoms with van der Waals surface area (Å²) in [5.41, 5.74) is 0.549. The topological polar surface area (TPSA) is 67.4 Å². The first-order valence-corrected chi connectivity index (χ1v) is 9.37. The van der Waals surface area contributed by atoms with Crippen LogP contribution in [0.15, 0.2) is 66.7 Å². The maximum atomic E-state index is 13.6. The first kappa shape index (κ1) is 21.9. The van der Waals surface area contributed by atoms with E-state index < -0.39 is 41.9 Å². The molecule has 0 spiro atoms. The van der Waals surface area contributed by atoms with Gasteiger partial charge in [0.2, 0.25) is 0 Å². The molecule has 3 rings (SSSR count). The molecule has 0 aliphatic carbocycles. The monoisotopic (exact) mass is 428 g/mol. The molecule has 0 aliphatic heterocycles. The van der Waals surface area contributed by atoms with Crippen molar-refractivity contribution in [3.8, 4) is 5.75 Å². The number of hydrogen-bond donors (Lipinski definition) is 2. The van der Waals surface area contributed by atoms with Gasteiger partial charge in [0, 0.05) is 0 Å². The highest BCUT2D eigenvalue weighted by Gasteiger charge is 2.17. The molecule has 5 nitrogen and oxygen atoms in total. The third kappa shape index (κ3) is 5.63. The highest BCUT2D eigenvalue weighted by molar-refractivity contribution is 5.97. The fraction of sp³-hybridized carbons (Fsp3) is 0.130. The predicted molar refractivity (Wildman–Crippen MR) is 109 cm³/mol. The zero-order chi connectivity index (χ0) is 22.4. The molecule has 0 bridgehead atoms. The van der Waals surface area contributed by atoms with E-state index >= 15 is 0 Å². The van der Waals surface area contributed by atoms with Gasteiger partial charge in [-0.3, -0.25) is 9.59 Å². The van der Waals surface area contributed by atoms with Crippen molar-refractivity contribution in [3.63, 3.8) is 0 Å². The van der Waals surface area contributed by atoms with E-state index in [1.807, 2.05) is 0 Å². The van der Waals surface area contributed by atoms with Crippen LogP contribution >= 0.6 is 0 Å². The molecular formula is C23H19F3N2O3. The minimum Gasteiger partial charge on any atom is -0.483 e. The van der Waals surface area contributed by atoms with E-state index in [1.165, 1.54) is 36.4 Å². The van der Waals surface area contributed by atoms with Gasteiger partial charge in [-0.15, -0.1) is 0 Å². The average molecular weight is 428 g/mol. The third-order valence-electron chi connectivity index (χ3n) is 4.43. The van der Waals surface area contributed by atoms with Crippen LogP contribution in [0.25, 0.3) is 0 Å². The van der Waals surface area contributed by atoms with Crippen LogP contribution in [0, 0.1) is 17.5 Å². The second kappa shape index (κ2) is 9.80. The second-order valence-corrected chi connectivity index (χ2v) is 6.68. The molecule has 0 fully saturated rings. The summed E-state index contributed by atoms with van der Waals surface area (Å²) in [6, 6.07) is 14.7. The molecule has 0 heterocycles. The van der Waals surface area contributed by atoms with Crippen LogP contribution in [-0.2, 0) is 4.79 Å². The van der Waals surface area contributed by atoms with Crippen molar-refractivity contribution in [2.24, 2.45) is 0 Å². The zero-order valence-electron chi connectivity index (χ0n) is 16.5. The number of carbonyl (C=O) groups is 2. The van der Waals surface area contributed by atoms with Gasteiger partial charge in [-0.2, -0.15) is 0 Å². The van der Waals surface area contributed by atoms with Crippen molar-refractivity contribution in [3.05, 3.63) is 95.3 Å². The van der Waals surface area contributed by atoms with E-state index in [2.05, 4.69) is 10.6 Å². The van der Waals surface area contributed by atoms with Crippen LogP contribution in [0.4, 0.5) is 18.9 Å². The van der Waals surface area contributed by atoms with E-state index in [-0.39, 0.29) is 17.0 Å². The fourth-order valence-corrected chi connectivity index (χ4v) is 2.81. The number of benzene rings is 3. The molecule has 8 heteroatoms.